The van der Waals surface area contributed by atoms with E-state index < -0.39 is 24.4 Å². The van der Waals surface area contributed by atoms with Gasteiger partial charge in [-0.1, -0.05) is 12.1 Å². The maximum Gasteiger partial charge on any atom is 0.416 e. The van der Waals surface area contributed by atoms with Crippen LogP contribution in [0.5, 0.6) is 0 Å². The van der Waals surface area contributed by atoms with E-state index in [4.69, 9.17) is 5.11 Å². The molecule has 0 aliphatic heterocycles. The Balaban J connectivity index is 1.56. The molecule has 1 saturated carbocycles. The first-order valence-corrected chi connectivity index (χ1v) is 11.9. The molecule has 4 rings (SSSR count). The third kappa shape index (κ3) is 5.68. The molecule has 1 amide bonds. The number of aliphatic carboxylic acids is 1. The van der Waals surface area contributed by atoms with Crippen LogP contribution in [0, 0.1) is 11.8 Å². The van der Waals surface area contributed by atoms with E-state index in [9.17, 15) is 27.2 Å². The number of pyridine rings is 1. The molecule has 0 spiro atoms. The van der Waals surface area contributed by atoms with E-state index in [0.717, 1.165) is 12.1 Å². The Kier molecular flexibility index (Phi) is 7.61. The third-order valence-electron chi connectivity index (χ3n) is 6.84. The molecular weight excluding hydrogens is 478 g/mol. The van der Waals surface area contributed by atoms with E-state index in [1.807, 2.05) is 0 Å². The standard InChI is InChI=1S/C26H27F4N3O3/c27-10-12-33-15-21(24(34)32-14-17-1-5-18(6-2-17)25(35)36)22-19(9-11-31-23(22)33)13-16-3-7-20(8-4-16)26(28,29)30/h3-4,7-9,11,15,17-18H,1-2,5-6,10,12-14H2,(H,32,34)(H,35,36)/t17-,18-. The average molecular weight is 506 g/mol. The van der Waals surface area contributed by atoms with Crippen molar-refractivity contribution in [3.05, 3.63) is 65.0 Å². The van der Waals surface area contributed by atoms with Gasteiger partial charge in [0.05, 0.1) is 23.6 Å². The minimum Gasteiger partial charge on any atom is -0.481 e. The van der Waals surface area contributed by atoms with Gasteiger partial charge in [-0.05, 0) is 67.3 Å². The lowest BCUT2D eigenvalue weighted by Gasteiger charge is -2.26. The number of alkyl halides is 4. The first-order chi connectivity index (χ1) is 17.2. The summed E-state index contributed by atoms with van der Waals surface area (Å²) >= 11 is 0. The summed E-state index contributed by atoms with van der Waals surface area (Å²) in [6, 6.07) is 6.56. The summed E-state index contributed by atoms with van der Waals surface area (Å²) in [6.07, 6.45) is 1.52. The van der Waals surface area contributed by atoms with Crippen molar-refractivity contribution in [2.45, 2.75) is 44.8 Å². The first kappa shape index (κ1) is 25.7. The van der Waals surface area contributed by atoms with Crippen molar-refractivity contribution in [1.82, 2.24) is 14.9 Å². The number of halogens is 4. The molecule has 1 fully saturated rings. The van der Waals surface area contributed by atoms with Gasteiger partial charge in [0, 0.05) is 24.3 Å². The number of carboxylic acid groups (broad SMARTS) is 1. The summed E-state index contributed by atoms with van der Waals surface area (Å²) in [5, 5.41) is 12.6. The van der Waals surface area contributed by atoms with E-state index in [-0.39, 0.29) is 30.7 Å². The largest absolute Gasteiger partial charge is 0.481 e. The molecule has 0 atom stereocenters. The van der Waals surface area contributed by atoms with Gasteiger partial charge < -0.3 is 15.0 Å². The molecule has 36 heavy (non-hydrogen) atoms. The van der Waals surface area contributed by atoms with Gasteiger partial charge in [-0.25, -0.2) is 9.37 Å². The number of hydrogen-bond donors (Lipinski definition) is 2. The van der Waals surface area contributed by atoms with Gasteiger partial charge in [-0.3, -0.25) is 9.59 Å². The number of benzene rings is 1. The number of nitrogens with zero attached hydrogens (tertiary/aromatic N) is 2. The van der Waals surface area contributed by atoms with E-state index in [1.165, 1.54) is 12.1 Å². The maximum atomic E-state index is 13.2. The Morgan fingerprint density at radius 3 is 2.39 bits per heavy atom. The number of fused-ring (bicyclic) bond motifs is 1. The van der Waals surface area contributed by atoms with Crippen LogP contribution >= 0.6 is 0 Å². The van der Waals surface area contributed by atoms with Gasteiger partial charge in [0.25, 0.3) is 5.91 Å². The summed E-state index contributed by atoms with van der Waals surface area (Å²) in [4.78, 5) is 28.7. The zero-order chi connectivity index (χ0) is 25.9. The molecule has 0 unspecified atom stereocenters. The van der Waals surface area contributed by atoms with Crippen LogP contribution in [-0.4, -0.2) is 39.8 Å². The monoisotopic (exact) mass is 505 g/mol. The first-order valence-electron chi connectivity index (χ1n) is 11.9. The van der Waals surface area contributed by atoms with Crippen molar-refractivity contribution in [3.63, 3.8) is 0 Å². The molecule has 2 aromatic heterocycles. The lowest BCUT2D eigenvalue weighted by atomic mass is 9.82. The Morgan fingerprint density at radius 1 is 1.08 bits per heavy atom. The maximum absolute atomic E-state index is 13.2. The number of rotatable bonds is 8. The fraction of sp³-hybridized carbons (Fsp3) is 0.423. The number of amides is 1. The highest BCUT2D eigenvalue weighted by molar-refractivity contribution is 6.07. The SMILES string of the molecule is O=C(NC[C@H]1CC[C@H](C(=O)O)CC1)c1cn(CCF)c2nccc(Cc3ccc(C(F)(F)F)cc3)c12. The van der Waals surface area contributed by atoms with Crippen molar-refractivity contribution in [3.8, 4) is 0 Å². The summed E-state index contributed by atoms with van der Waals surface area (Å²) in [7, 11) is 0. The smallest absolute Gasteiger partial charge is 0.416 e. The molecule has 192 valence electrons. The molecule has 3 aromatic rings. The van der Waals surface area contributed by atoms with E-state index in [1.54, 1.807) is 23.0 Å². The van der Waals surface area contributed by atoms with E-state index in [0.29, 0.717) is 60.0 Å². The molecule has 6 nitrogen and oxygen atoms in total. The lowest BCUT2D eigenvalue weighted by molar-refractivity contribution is -0.143. The quantitative estimate of drug-likeness (QED) is 0.411. The van der Waals surface area contributed by atoms with Crippen LogP contribution in [0.3, 0.4) is 0 Å². The molecule has 0 bridgehead atoms. The Bertz CT molecular complexity index is 1230. The zero-order valence-electron chi connectivity index (χ0n) is 19.5. The molecule has 2 heterocycles. The summed E-state index contributed by atoms with van der Waals surface area (Å²) in [5.74, 6) is -1.30. The fourth-order valence-corrected chi connectivity index (χ4v) is 4.84. The summed E-state index contributed by atoms with van der Waals surface area (Å²) in [5.41, 5.74) is 1.36. The highest BCUT2D eigenvalue weighted by atomic mass is 19.4. The molecule has 1 aliphatic rings. The molecule has 0 radical (unpaired) electrons. The second-order valence-electron chi connectivity index (χ2n) is 9.23. The number of carboxylic acids is 1. The molecule has 0 saturated heterocycles. The lowest BCUT2D eigenvalue weighted by Crippen LogP contribution is -2.32. The van der Waals surface area contributed by atoms with E-state index >= 15 is 0 Å². The minimum atomic E-state index is -4.43. The van der Waals surface area contributed by atoms with Crippen molar-refractivity contribution in [1.29, 1.82) is 0 Å². The number of aryl methyl sites for hydroxylation is 1. The van der Waals surface area contributed by atoms with Gasteiger partial charge in [0.15, 0.2) is 0 Å². The topological polar surface area (TPSA) is 84.2 Å². The Hall–Kier alpha value is -3.43. The third-order valence-corrected chi connectivity index (χ3v) is 6.84. The molecule has 2 N–H and O–H groups in total. The van der Waals surface area contributed by atoms with Crippen molar-refractivity contribution < 1.29 is 32.3 Å². The normalized spacial score (nSPS) is 18.3. The number of nitrogens with one attached hydrogen (secondary N) is 1. The molecule has 10 heteroatoms. The van der Waals surface area contributed by atoms with E-state index in [2.05, 4.69) is 10.3 Å². The van der Waals surface area contributed by atoms with Crippen LogP contribution < -0.4 is 5.32 Å². The van der Waals surface area contributed by atoms with Crippen molar-refractivity contribution >= 4 is 22.9 Å². The van der Waals surface area contributed by atoms with Crippen LogP contribution in [-0.2, 0) is 23.9 Å². The van der Waals surface area contributed by atoms with Crippen LogP contribution in [0.4, 0.5) is 17.6 Å². The second-order valence-corrected chi connectivity index (χ2v) is 9.23. The number of hydrogen-bond acceptors (Lipinski definition) is 3. The molecule has 1 aromatic carbocycles. The number of aromatic nitrogens is 2. The second kappa shape index (κ2) is 10.7. The van der Waals surface area contributed by atoms with Crippen molar-refractivity contribution in [2.24, 2.45) is 11.8 Å². The van der Waals surface area contributed by atoms with Crippen LogP contribution in [0.25, 0.3) is 11.0 Å². The Morgan fingerprint density at radius 2 is 1.78 bits per heavy atom. The van der Waals surface area contributed by atoms with Gasteiger partial charge in [-0.2, -0.15) is 13.2 Å². The van der Waals surface area contributed by atoms with Crippen LogP contribution in [0.15, 0.2) is 42.7 Å². The van der Waals surface area contributed by atoms with Crippen LogP contribution in [0.2, 0.25) is 0 Å². The van der Waals surface area contributed by atoms with Gasteiger partial charge >= 0.3 is 12.1 Å². The number of carbonyl (C=O) groups excluding carboxylic acids is 1. The Labute approximate surface area is 205 Å². The van der Waals surface area contributed by atoms with Crippen LogP contribution in [0.1, 0.15) is 52.7 Å². The highest BCUT2D eigenvalue weighted by Gasteiger charge is 2.30. The minimum absolute atomic E-state index is 0.0136. The zero-order valence-corrected chi connectivity index (χ0v) is 19.5. The summed E-state index contributed by atoms with van der Waals surface area (Å²) < 4.78 is 53.5. The number of carbonyl (C=O) groups is 2. The average Bonchev–Trinajstić information content (AvgIpc) is 3.22. The van der Waals surface area contributed by atoms with Gasteiger partial charge in [0.2, 0.25) is 0 Å². The molecule has 1 aliphatic carbocycles. The van der Waals surface area contributed by atoms with Gasteiger partial charge in [-0.15, -0.1) is 0 Å². The molecular formula is C26H27F4N3O3. The van der Waals surface area contributed by atoms with Gasteiger partial charge in [0.1, 0.15) is 12.3 Å². The fourth-order valence-electron chi connectivity index (χ4n) is 4.84. The summed E-state index contributed by atoms with van der Waals surface area (Å²) in [6.45, 7) is -0.238. The predicted octanol–water partition coefficient (Wildman–Crippen LogP) is 5.24. The predicted molar refractivity (Wildman–Crippen MR) is 125 cm³/mol. The van der Waals surface area contributed by atoms with Crippen molar-refractivity contribution in [2.75, 3.05) is 13.2 Å². The highest BCUT2D eigenvalue weighted by Crippen LogP contribution is 2.31.